The maximum Gasteiger partial charge on any atom is 0.0357 e. The van der Waals surface area contributed by atoms with Crippen LogP contribution in [0.4, 0.5) is 0 Å². The van der Waals surface area contributed by atoms with Crippen LogP contribution in [0.3, 0.4) is 0 Å². The number of thiophene rings is 1. The molecule has 0 saturated heterocycles. The second-order valence-corrected chi connectivity index (χ2v) is 6.39. The van der Waals surface area contributed by atoms with Crippen molar-refractivity contribution >= 4 is 49.1 Å². The number of hydrogen-bond donors (Lipinski definition) is 0. The van der Waals surface area contributed by atoms with Gasteiger partial charge in [0, 0.05) is 19.8 Å². The fourth-order valence-corrected chi connectivity index (χ4v) is 3.72. The Morgan fingerprint density at radius 1 is 1.36 bits per heavy atom. The molecule has 0 spiro atoms. The third-order valence-corrected chi connectivity index (χ3v) is 4.68. The van der Waals surface area contributed by atoms with Crippen molar-refractivity contribution in [1.82, 2.24) is 0 Å². The summed E-state index contributed by atoms with van der Waals surface area (Å²) in [4.78, 5) is 1.48. The minimum Gasteiger partial charge on any atom is -0.157 e. The van der Waals surface area contributed by atoms with Crippen molar-refractivity contribution in [2.75, 3.05) is 5.75 Å². The van der Waals surface area contributed by atoms with E-state index in [2.05, 4.69) is 47.1 Å². The minimum absolute atomic E-state index is 1.15. The summed E-state index contributed by atoms with van der Waals surface area (Å²) in [7, 11) is 0. The van der Waals surface area contributed by atoms with Gasteiger partial charge in [0.15, 0.2) is 0 Å². The maximum absolute atomic E-state index is 3.50. The molecule has 14 heavy (non-hydrogen) atoms. The zero-order valence-corrected chi connectivity index (χ0v) is 11.1. The van der Waals surface area contributed by atoms with E-state index in [1.165, 1.54) is 25.2 Å². The highest BCUT2D eigenvalue weighted by Gasteiger charge is 2.01. The van der Waals surface area contributed by atoms with Crippen molar-refractivity contribution in [3.05, 3.63) is 33.6 Å². The summed E-state index contributed by atoms with van der Waals surface area (Å²) in [6.07, 6.45) is 0. The fourth-order valence-electron chi connectivity index (χ4n) is 1.33. The number of rotatable bonds is 3. The van der Waals surface area contributed by atoms with Crippen LogP contribution in [0.1, 0.15) is 11.8 Å². The quantitative estimate of drug-likeness (QED) is 0.772. The Balaban J connectivity index is 2.32. The van der Waals surface area contributed by atoms with Gasteiger partial charge in [-0.15, -0.1) is 11.3 Å². The van der Waals surface area contributed by atoms with E-state index in [1.807, 2.05) is 23.1 Å². The van der Waals surface area contributed by atoms with E-state index in [9.17, 15) is 0 Å². The Kier molecular flexibility index (Phi) is 3.52. The van der Waals surface area contributed by atoms with Crippen LogP contribution in [0.5, 0.6) is 0 Å². The van der Waals surface area contributed by atoms with Crippen LogP contribution in [0, 0.1) is 0 Å². The number of halogens is 1. The highest BCUT2D eigenvalue weighted by molar-refractivity contribution is 9.10. The second-order valence-electron chi connectivity index (χ2n) is 3.03. The Morgan fingerprint density at radius 3 is 3.00 bits per heavy atom. The van der Waals surface area contributed by atoms with E-state index in [4.69, 9.17) is 0 Å². The third-order valence-electron chi connectivity index (χ3n) is 1.98. The first-order valence-corrected chi connectivity index (χ1v) is 7.31. The molecule has 0 aliphatic rings. The molecule has 1 aromatic carbocycles. The Labute approximate surface area is 101 Å². The Morgan fingerprint density at radius 2 is 2.21 bits per heavy atom. The molecule has 0 bridgehead atoms. The molecule has 0 aliphatic heterocycles. The molecule has 3 heteroatoms. The van der Waals surface area contributed by atoms with Crippen LogP contribution in [0.25, 0.3) is 10.1 Å². The van der Waals surface area contributed by atoms with E-state index in [0.29, 0.717) is 0 Å². The summed E-state index contributed by atoms with van der Waals surface area (Å²) in [6, 6.07) is 8.77. The lowest BCUT2D eigenvalue weighted by molar-refractivity contribution is 1.47. The Hall–Kier alpha value is 0.01000. The summed E-state index contributed by atoms with van der Waals surface area (Å²) < 4.78 is 2.55. The number of thioether (sulfide) groups is 1. The maximum atomic E-state index is 3.50. The third kappa shape index (κ3) is 2.33. The normalized spacial score (nSPS) is 11.0. The van der Waals surface area contributed by atoms with Gasteiger partial charge in [-0.1, -0.05) is 28.9 Å². The average Bonchev–Trinajstić information content (AvgIpc) is 2.56. The monoisotopic (exact) mass is 286 g/mol. The summed E-state index contributed by atoms with van der Waals surface area (Å²) in [5.41, 5.74) is 0. The fraction of sp³-hybridized carbons (Fsp3) is 0.273. The van der Waals surface area contributed by atoms with Gasteiger partial charge in [-0.25, -0.2) is 0 Å². The lowest BCUT2D eigenvalue weighted by Gasteiger charge is -1.91. The first-order chi connectivity index (χ1) is 6.79. The van der Waals surface area contributed by atoms with Gasteiger partial charge in [0.1, 0.15) is 0 Å². The SMILES string of the molecule is CCSCc1cc2ccc(Br)cc2s1. The molecule has 0 amide bonds. The van der Waals surface area contributed by atoms with Crippen LogP contribution < -0.4 is 0 Å². The molecule has 0 N–H and O–H groups in total. The molecular formula is C11H11BrS2. The lowest BCUT2D eigenvalue weighted by Crippen LogP contribution is -1.71. The molecule has 0 nitrogen and oxygen atoms in total. The number of benzene rings is 1. The molecule has 2 aromatic rings. The van der Waals surface area contributed by atoms with Gasteiger partial charge in [0.2, 0.25) is 0 Å². The molecule has 0 fully saturated rings. The molecule has 1 aromatic heterocycles. The van der Waals surface area contributed by atoms with Crippen LogP contribution in [0.15, 0.2) is 28.7 Å². The second kappa shape index (κ2) is 4.69. The van der Waals surface area contributed by atoms with Crippen LogP contribution in [0.2, 0.25) is 0 Å². The van der Waals surface area contributed by atoms with Gasteiger partial charge in [-0.05, 0) is 29.3 Å². The van der Waals surface area contributed by atoms with Gasteiger partial charge in [-0.3, -0.25) is 0 Å². The first kappa shape index (κ1) is 10.5. The van der Waals surface area contributed by atoms with Crippen molar-refractivity contribution in [3.63, 3.8) is 0 Å². The number of hydrogen-bond acceptors (Lipinski definition) is 2. The smallest absolute Gasteiger partial charge is 0.0357 e. The predicted molar refractivity (Wildman–Crippen MR) is 71.4 cm³/mol. The summed E-state index contributed by atoms with van der Waals surface area (Å²) in [6.45, 7) is 2.20. The molecule has 0 unspecified atom stereocenters. The van der Waals surface area contributed by atoms with E-state index >= 15 is 0 Å². The highest BCUT2D eigenvalue weighted by Crippen LogP contribution is 2.30. The molecule has 0 radical (unpaired) electrons. The summed E-state index contributed by atoms with van der Waals surface area (Å²) >= 11 is 7.38. The van der Waals surface area contributed by atoms with E-state index < -0.39 is 0 Å². The van der Waals surface area contributed by atoms with E-state index in [1.54, 1.807) is 0 Å². The zero-order valence-electron chi connectivity index (χ0n) is 7.92. The topological polar surface area (TPSA) is 0 Å². The zero-order chi connectivity index (χ0) is 9.97. The van der Waals surface area contributed by atoms with Gasteiger partial charge >= 0.3 is 0 Å². The summed E-state index contributed by atoms with van der Waals surface area (Å²) in [5, 5.41) is 1.37. The van der Waals surface area contributed by atoms with E-state index in [-0.39, 0.29) is 0 Å². The Bertz CT molecular complexity index is 434. The first-order valence-electron chi connectivity index (χ1n) is 4.55. The van der Waals surface area contributed by atoms with Gasteiger partial charge in [-0.2, -0.15) is 11.8 Å². The largest absolute Gasteiger partial charge is 0.157 e. The van der Waals surface area contributed by atoms with Crippen molar-refractivity contribution in [1.29, 1.82) is 0 Å². The van der Waals surface area contributed by atoms with Gasteiger partial charge < -0.3 is 0 Å². The molecule has 2 rings (SSSR count). The molecule has 0 atom stereocenters. The van der Waals surface area contributed by atoms with Gasteiger partial charge in [0.25, 0.3) is 0 Å². The molecule has 0 aliphatic carbocycles. The molecule has 74 valence electrons. The summed E-state index contributed by atoms with van der Waals surface area (Å²) in [5.74, 6) is 2.34. The van der Waals surface area contributed by atoms with Crippen LogP contribution in [-0.4, -0.2) is 5.75 Å². The molecule has 1 heterocycles. The molecular weight excluding hydrogens is 276 g/mol. The van der Waals surface area contributed by atoms with Crippen molar-refractivity contribution in [2.24, 2.45) is 0 Å². The van der Waals surface area contributed by atoms with Gasteiger partial charge in [0.05, 0.1) is 0 Å². The lowest BCUT2D eigenvalue weighted by atomic mass is 10.2. The van der Waals surface area contributed by atoms with Crippen LogP contribution >= 0.6 is 39.0 Å². The van der Waals surface area contributed by atoms with Crippen LogP contribution in [-0.2, 0) is 5.75 Å². The highest BCUT2D eigenvalue weighted by atomic mass is 79.9. The van der Waals surface area contributed by atoms with Crippen molar-refractivity contribution in [3.8, 4) is 0 Å². The van der Waals surface area contributed by atoms with E-state index in [0.717, 1.165) is 5.75 Å². The molecule has 0 saturated carbocycles. The van der Waals surface area contributed by atoms with Crippen molar-refractivity contribution < 1.29 is 0 Å². The predicted octanol–water partition coefficient (Wildman–Crippen LogP) is 4.92. The minimum atomic E-state index is 1.15. The standard InChI is InChI=1S/C11H11BrS2/c1-2-13-7-10-5-8-3-4-9(12)6-11(8)14-10/h3-6H,2,7H2,1H3. The average molecular weight is 287 g/mol. The van der Waals surface area contributed by atoms with Crippen molar-refractivity contribution in [2.45, 2.75) is 12.7 Å². The number of fused-ring (bicyclic) bond motifs is 1.